The van der Waals surface area contributed by atoms with E-state index in [9.17, 15) is 5.11 Å². The lowest BCUT2D eigenvalue weighted by molar-refractivity contribution is 0.481. The van der Waals surface area contributed by atoms with Crippen LogP contribution in [0.1, 0.15) is 5.69 Å². The lowest BCUT2D eigenvalue weighted by Gasteiger charge is -1.91. The van der Waals surface area contributed by atoms with Gasteiger partial charge in [0.15, 0.2) is 0 Å². The number of alkyl halides is 1. The van der Waals surface area contributed by atoms with Crippen molar-refractivity contribution in [3.8, 4) is 5.75 Å². The number of rotatable bonds is 1. The molecule has 1 heterocycles. The maximum absolute atomic E-state index is 9.42. The SMILES string of the molecule is Oc1cccc2[nH]c(CCl)cc12. The number of hydrogen-bond donors (Lipinski definition) is 2. The molecular formula is C9H8ClNO. The first kappa shape index (κ1) is 7.50. The first-order valence-electron chi connectivity index (χ1n) is 3.67. The third kappa shape index (κ3) is 1.04. The second-order valence-corrected chi connectivity index (χ2v) is 2.93. The highest BCUT2D eigenvalue weighted by Crippen LogP contribution is 2.25. The molecule has 0 bridgehead atoms. The molecule has 0 amide bonds. The van der Waals surface area contributed by atoms with Gasteiger partial charge in [-0.25, -0.2) is 0 Å². The minimum atomic E-state index is 0.292. The zero-order chi connectivity index (χ0) is 8.55. The highest BCUT2D eigenvalue weighted by atomic mass is 35.5. The largest absolute Gasteiger partial charge is 0.507 e. The van der Waals surface area contributed by atoms with Crippen molar-refractivity contribution in [1.82, 2.24) is 4.98 Å². The van der Waals surface area contributed by atoms with Crippen LogP contribution in [0.2, 0.25) is 0 Å². The van der Waals surface area contributed by atoms with E-state index in [1.54, 1.807) is 12.1 Å². The molecule has 0 saturated carbocycles. The fourth-order valence-corrected chi connectivity index (χ4v) is 1.41. The Kier molecular flexibility index (Phi) is 1.70. The van der Waals surface area contributed by atoms with Crippen LogP contribution >= 0.6 is 11.6 Å². The zero-order valence-corrected chi connectivity index (χ0v) is 7.10. The van der Waals surface area contributed by atoms with Crippen molar-refractivity contribution in [3.63, 3.8) is 0 Å². The van der Waals surface area contributed by atoms with Gasteiger partial charge < -0.3 is 10.1 Å². The van der Waals surface area contributed by atoms with Crippen molar-refractivity contribution >= 4 is 22.5 Å². The van der Waals surface area contributed by atoms with Gasteiger partial charge in [-0.1, -0.05) is 6.07 Å². The second kappa shape index (κ2) is 2.72. The van der Waals surface area contributed by atoms with Gasteiger partial charge in [0, 0.05) is 16.6 Å². The van der Waals surface area contributed by atoms with Crippen molar-refractivity contribution in [3.05, 3.63) is 30.0 Å². The molecule has 0 aliphatic carbocycles. The summed E-state index contributed by atoms with van der Waals surface area (Å²) in [6, 6.07) is 7.23. The smallest absolute Gasteiger partial charge is 0.124 e. The molecule has 0 atom stereocenters. The highest BCUT2D eigenvalue weighted by Gasteiger charge is 2.02. The van der Waals surface area contributed by atoms with Crippen LogP contribution in [0.4, 0.5) is 0 Å². The first-order valence-corrected chi connectivity index (χ1v) is 4.20. The molecule has 12 heavy (non-hydrogen) atoms. The Morgan fingerprint density at radius 1 is 1.42 bits per heavy atom. The summed E-state index contributed by atoms with van der Waals surface area (Å²) in [5, 5.41) is 10.2. The van der Waals surface area contributed by atoms with E-state index in [4.69, 9.17) is 11.6 Å². The van der Waals surface area contributed by atoms with Crippen LogP contribution < -0.4 is 0 Å². The maximum atomic E-state index is 9.42. The summed E-state index contributed by atoms with van der Waals surface area (Å²) in [5.41, 5.74) is 1.85. The Hall–Kier alpha value is -1.15. The van der Waals surface area contributed by atoms with Crippen LogP contribution in [0.15, 0.2) is 24.3 Å². The number of aromatic amines is 1. The van der Waals surface area contributed by atoms with Crippen LogP contribution in [-0.4, -0.2) is 10.1 Å². The van der Waals surface area contributed by atoms with Crippen LogP contribution in [-0.2, 0) is 5.88 Å². The van der Waals surface area contributed by atoms with Crippen molar-refractivity contribution in [2.24, 2.45) is 0 Å². The molecule has 0 aliphatic rings. The summed E-state index contributed by atoms with van der Waals surface area (Å²) in [7, 11) is 0. The Balaban J connectivity index is 2.74. The number of fused-ring (bicyclic) bond motifs is 1. The average molecular weight is 182 g/mol. The third-order valence-electron chi connectivity index (χ3n) is 1.84. The van der Waals surface area contributed by atoms with Gasteiger partial charge in [0.2, 0.25) is 0 Å². The molecule has 2 N–H and O–H groups in total. The fourth-order valence-electron chi connectivity index (χ4n) is 1.27. The zero-order valence-electron chi connectivity index (χ0n) is 6.34. The standard InChI is InChI=1S/C9H8ClNO/c10-5-6-4-7-8(11-6)2-1-3-9(7)12/h1-4,11-12H,5H2. The minimum Gasteiger partial charge on any atom is -0.507 e. The molecule has 3 heteroatoms. The molecule has 0 unspecified atom stereocenters. The molecule has 2 rings (SSSR count). The maximum Gasteiger partial charge on any atom is 0.124 e. The molecule has 2 nitrogen and oxygen atoms in total. The second-order valence-electron chi connectivity index (χ2n) is 2.67. The Labute approximate surface area is 74.8 Å². The number of H-pyrrole nitrogens is 1. The van der Waals surface area contributed by atoms with Crippen LogP contribution in [0.5, 0.6) is 5.75 Å². The quantitative estimate of drug-likeness (QED) is 0.652. The van der Waals surface area contributed by atoms with Crippen LogP contribution in [0, 0.1) is 0 Å². The summed E-state index contributed by atoms with van der Waals surface area (Å²) < 4.78 is 0. The molecule has 0 radical (unpaired) electrons. The molecule has 0 aliphatic heterocycles. The number of nitrogens with one attached hydrogen (secondary N) is 1. The number of phenols is 1. The van der Waals surface area contributed by atoms with Gasteiger partial charge in [-0.2, -0.15) is 0 Å². The van der Waals surface area contributed by atoms with Gasteiger partial charge in [0.1, 0.15) is 5.75 Å². The molecule has 2 aromatic rings. The average Bonchev–Trinajstić information content (AvgIpc) is 2.49. The highest BCUT2D eigenvalue weighted by molar-refractivity contribution is 6.17. The van der Waals surface area contributed by atoms with E-state index >= 15 is 0 Å². The number of halogens is 1. The van der Waals surface area contributed by atoms with E-state index in [2.05, 4.69) is 4.98 Å². The molecule has 1 aromatic carbocycles. The van der Waals surface area contributed by atoms with Crippen molar-refractivity contribution in [2.45, 2.75) is 5.88 Å². The summed E-state index contributed by atoms with van der Waals surface area (Å²) in [4.78, 5) is 3.09. The van der Waals surface area contributed by atoms with Crippen molar-refractivity contribution < 1.29 is 5.11 Å². The normalized spacial score (nSPS) is 10.8. The molecule has 62 valence electrons. The Morgan fingerprint density at radius 3 is 2.92 bits per heavy atom. The van der Waals surface area contributed by atoms with Gasteiger partial charge >= 0.3 is 0 Å². The van der Waals surface area contributed by atoms with Crippen LogP contribution in [0.25, 0.3) is 10.9 Å². The lowest BCUT2D eigenvalue weighted by Crippen LogP contribution is -1.72. The fraction of sp³-hybridized carbons (Fsp3) is 0.111. The summed E-state index contributed by atoms with van der Waals surface area (Å²) in [5.74, 6) is 0.730. The molecule has 0 saturated heterocycles. The predicted molar refractivity (Wildman–Crippen MR) is 49.5 cm³/mol. The number of benzene rings is 1. The van der Waals surface area contributed by atoms with Crippen molar-refractivity contribution in [1.29, 1.82) is 0 Å². The van der Waals surface area contributed by atoms with E-state index in [1.807, 2.05) is 12.1 Å². The van der Waals surface area contributed by atoms with E-state index in [-0.39, 0.29) is 0 Å². The number of aromatic nitrogens is 1. The summed E-state index contributed by atoms with van der Waals surface area (Å²) >= 11 is 5.64. The number of phenolic OH excluding ortho intramolecular Hbond substituents is 1. The van der Waals surface area contributed by atoms with Gasteiger partial charge in [0.05, 0.1) is 5.88 Å². The van der Waals surface area contributed by atoms with Gasteiger partial charge in [-0.3, -0.25) is 0 Å². The Bertz CT molecular complexity index is 408. The van der Waals surface area contributed by atoms with E-state index in [0.29, 0.717) is 11.6 Å². The van der Waals surface area contributed by atoms with E-state index < -0.39 is 0 Å². The topological polar surface area (TPSA) is 36.0 Å². The lowest BCUT2D eigenvalue weighted by atomic mass is 10.2. The monoisotopic (exact) mass is 181 g/mol. The van der Waals surface area contributed by atoms with E-state index in [0.717, 1.165) is 16.6 Å². The van der Waals surface area contributed by atoms with Gasteiger partial charge in [0.25, 0.3) is 0 Å². The number of aromatic hydroxyl groups is 1. The third-order valence-corrected chi connectivity index (χ3v) is 2.13. The minimum absolute atomic E-state index is 0.292. The first-order chi connectivity index (χ1) is 5.81. The van der Waals surface area contributed by atoms with Crippen molar-refractivity contribution in [2.75, 3.05) is 0 Å². The summed E-state index contributed by atoms with van der Waals surface area (Å²) in [6.07, 6.45) is 0. The van der Waals surface area contributed by atoms with E-state index in [1.165, 1.54) is 0 Å². The van der Waals surface area contributed by atoms with Gasteiger partial charge in [-0.15, -0.1) is 11.6 Å². The predicted octanol–water partition coefficient (Wildman–Crippen LogP) is 2.61. The van der Waals surface area contributed by atoms with Crippen LogP contribution in [0.3, 0.4) is 0 Å². The van der Waals surface area contributed by atoms with Gasteiger partial charge in [-0.05, 0) is 18.2 Å². The summed E-state index contributed by atoms with van der Waals surface area (Å²) in [6.45, 7) is 0. The molecule has 1 aromatic heterocycles. The number of hydrogen-bond acceptors (Lipinski definition) is 1. The molecular weight excluding hydrogens is 174 g/mol. The molecule has 0 fully saturated rings. The Morgan fingerprint density at radius 2 is 2.25 bits per heavy atom. The molecule has 0 spiro atoms.